The first-order valence-corrected chi connectivity index (χ1v) is 8.32. The summed E-state index contributed by atoms with van der Waals surface area (Å²) in [5, 5.41) is 3.02. The molecule has 1 aromatic heterocycles. The van der Waals surface area contributed by atoms with Crippen molar-refractivity contribution in [1.29, 1.82) is 0 Å². The van der Waals surface area contributed by atoms with E-state index in [4.69, 9.17) is 0 Å². The van der Waals surface area contributed by atoms with Crippen molar-refractivity contribution in [2.45, 2.75) is 13.8 Å². The van der Waals surface area contributed by atoms with Crippen LogP contribution in [0.3, 0.4) is 0 Å². The molecule has 132 valence electrons. The zero-order valence-electron chi connectivity index (χ0n) is 14.6. The quantitative estimate of drug-likeness (QED) is 0.744. The molecule has 3 rings (SSSR count). The molecule has 0 saturated carbocycles. The van der Waals surface area contributed by atoms with Crippen LogP contribution < -0.4 is 10.2 Å². The van der Waals surface area contributed by atoms with Crippen LogP contribution >= 0.6 is 0 Å². The van der Waals surface area contributed by atoms with Crippen LogP contribution in [0, 0.1) is 12.7 Å². The van der Waals surface area contributed by atoms with Crippen LogP contribution in [0.2, 0.25) is 0 Å². The minimum atomic E-state index is -0.349. The van der Waals surface area contributed by atoms with Crippen LogP contribution in [0.4, 0.5) is 21.6 Å². The fourth-order valence-corrected chi connectivity index (χ4v) is 2.65. The van der Waals surface area contributed by atoms with E-state index in [1.807, 2.05) is 37.3 Å². The van der Waals surface area contributed by atoms with E-state index in [2.05, 4.69) is 15.3 Å². The van der Waals surface area contributed by atoms with Gasteiger partial charge in [0.1, 0.15) is 23.2 Å². The molecule has 0 atom stereocenters. The third-order valence-corrected chi connectivity index (χ3v) is 3.78. The van der Waals surface area contributed by atoms with Crippen LogP contribution in [0.5, 0.6) is 0 Å². The van der Waals surface area contributed by atoms with E-state index in [9.17, 15) is 9.18 Å². The lowest BCUT2D eigenvalue weighted by Gasteiger charge is -2.21. The number of anilines is 3. The number of halogens is 1. The predicted octanol–water partition coefficient (Wildman–Crippen LogP) is 4.33. The van der Waals surface area contributed by atoms with Crippen LogP contribution in [0.1, 0.15) is 23.2 Å². The van der Waals surface area contributed by atoms with Gasteiger partial charge in [-0.1, -0.05) is 24.3 Å². The molecule has 2 aromatic carbocycles. The second-order valence-corrected chi connectivity index (χ2v) is 5.71. The summed E-state index contributed by atoms with van der Waals surface area (Å²) in [4.78, 5) is 23.1. The van der Waals surface area contributed by atoms with Crippen molar-refractivity contribution in [3.05, 3.63) is 78.0 Å². The van der Waals surface area contributed by atoms with E-state index >= 15 is 0 Å². The van der Waals surface area contributed by atoms with Gasteiger partial charge < -0.3 is 10.2 Å². The van der Waals surface area contributed by atoms with Crippen molar-refractivity contribution in [3.63, 3.8) is 0 Å². The fraction of sp³-hybridized carbons (Fsp3) is 0.150. The molecule has 0 unspecified atom stereocenters. The van der Waals surface area contributed by atoms with E-state index in [1.165, 1.54) is 12.1 Å². The number of rotatable bonds is 5. The number of nitrogens with zero attached hydrogens (tertiary/aromatic N) is 3. The third kappa shape index (κ3) is 4.03. The summed E-state index contributed by atoms with van der Waals surface area (Å²) >= 11 is 0. The summed E-state index contributed by atoms with van der Waals surface area (Å²) < 4.78 is 13.4. The lowest BCUT2D eigenvalue weighted by molar-refractivity contribution is 0.0983. The van der Waals surface area contributed by atoms with Crippen LogP contribution in [-0.2, 0) is 0 Å². The number of aryl methyl sites for hydroxylation is 1. The van der Waals surface area contributed by atoms with Crippen molar-refractivity contribution < 1.29 is 9.18 Å². The monoisotopic (exact) mass is 350 g/mol. The molecule has 0 radical (unpaired) electrons. The average molecular weight is 350 g/mol. The van der Waals surface area contributed by atoms with Crippen molar-refractivity contribution in [3.8, 4) is 0 Å². The predicted molar refractivity (Wildman–Crippen MR) is 100 cm³/mol. The molecule has 0 spiro atoms. The first-order valence-electron chi connectivity index (χ1n) is 8.32. The van der Waals surface area contributed by atoms with Gasteiger partial charge in [0.25, 0.3) is 5.91 Å². The zero-order valence-corrected chi connectivity index (χ0v) is 14.6. The molecule has 1 amide bonds. The number of carbonyl (C=O) groups is 1. The highest BCUT2D eigenvalue weighted by Gasteiger charge is 2.18. The second kappa shape index (κ2) is 7.74. The Balaban J connectivity index is 1.90. The maximum Gasteiger partial charge on any atom is 0.277 e. The number of carbonyl (C=O) groups excluding carboxylic acids is 1. The molecular weight excluding hydrogens is 331 g/mol. The van der Waals surface area contributed by atoms with Gasteiger partial charge in [-0.15, -0.1) is 0 Å². The van der Waals surface area contributed by atoms with Crippen molar-refractivity contribution >= 4 is 23.1 Å². The van der Waals surface area contributed by atoms with Crippen molar-refractivity contribution in [2.24, 2.45) is 0 Å². The molecule has 0 bridgehead atoms. The fourth-order valence-electron chi connectivity index (χ4n) is 2.65. The summed E-state index contributed by atoms with van der Waals surface area (Å²) in [6, 6.07) is 17.1. The SMILES string of the molecule is CCN(C(=O)c1cc(Nc2cccc(F)c2)nc(C)n1)c1ccccc1. The molecule has 3 aromatic rings. The van der Waals surface area contributed by atoms with E-state index in [-0.39, 0.29) is 17.4 Å². The maximum absolute atomic E-state index is 13.4. The Morgan fingerprint density at radius 2 is 1.85 bits per heavy atom. The smallest absolute Gasteiger partial charge is 0.277 e. The summed E-state index contributed by atoms with van der Waals surface area (Å²) in [7, 11) is 0. The van der Waals surface area contributed by atoms with E-state index in [1.54, 1.807) is 30.0 Å². The van der Waals surface area contributed by atoms with Crippen molar-refractivity contribution in [2.75, 3.05) is 16.8 Å². The Labute approximate surface area is 151 Å². The Hall–Kier alpha value is -3.28. The minimum absolute atomic E-state index is 0.216. The van der Waals surface area contributed by atoms with Gasteiger partial charge in [-0.3, -0.25) is 4.79 Å². The second-order valence-electron chi connectivity index (χ2n) is 5.71. The van der Waals surface area contributed by atoms with Gasteiger partial charge in [-0.25, -0.2) is 14.4 Å². The number of para-hydroxylation sites is 1. The number of hydrogen-bond donors (Lipinski definition) is 1. The molecule has 5 nitrogen and oxygen atoms in total. The van der Waals surface area contributed by atoms with Gasteiger partial charge >= 0.3 is 0 Å². The summed E-state index contributed by atoms with van der Waals surface area (Å²) in [6.07, 6.45) is 0. The first-order chi connectivity index (χ1) is 12.6. The van der Waals surface area contributed by atoms with Crippen LogP contribution in [0.25, 0.3) is 0 Å². The standard InChI is InChI=1S/C20H19FN4O/c1-3-25(17-10-5-4-6-11-17)20(26)18-13-19(23-14(2)22-18)24-16-9-7-8-15(21)12-16/h4-13H,3H2,1-2H3,(H,22,23,24). The Morgan fingerprint density at radius 1 is 1.08 bits per heavy atom. The van der Waals surface area contributed by atoms with Gasteiger partial charge in [-0.2, -0.15) is 0 Å². The summed E-state index contributed by atoms with van der Waals surface area (Å²) in [5.74, 6) is 0.333. The molecule has 0 aliphatic heterocycles. The topological polar surface area (TPSA) is 58.1 Å². The van der Waals surface area contributed by atoms with Crippen LogP contribution in [0.15, 0.2) is 60.7 Å². The maximum atomic E-state index is 13.4. The number of hydrogen-bond acceptors (Lipinski definition) is 4. The zero-order chi connectivity index (χ0) is 18.5. The van der Waals surface area contributed by atoms with Gasteiger partial charge in [0.05, 0.1) is 0 Å². The largest absolute Gasteiger partial charge is 0.340 e. The molecular formula is C20H19FN4O. The highest BCUT2D eigenvalue weighted by atomic mass is 19.1. The number of benzene rings is 2. The summed E-state index contributed by atoms with van der Waals surface area (Å²) in [5.41, 5.74) is 1.63. The highest BCUT2D eigenvalue weighted by molar-refractivity contribution is 6.05. The highest BCUT2D eigenvalue weighted by Crippen LogP contribution is 2.19. The number of nitrogens with one attached hydrogen (secondary N) is 1. The van der Waals surface area contributed by atoms with Crippen molar-refractivity contribution in [1.82, 2.24) is 9.97 Å². The van der Waals surface area contributed by atoms with E-state index in [0.29, 0.717) is 23.9 Å². The normalized spacial score (nSPS) is 10.4. The lowest BCUT2D eigenvalue weighted by atomic mass is 10.2. The average Bonchev–Trinajstić information content (AvgIpc) is 2.62. The van der Waals surface area contributed by atoms with Gasteiger partial charge in [0, 0.05) is 24.0 Å². The van der Waals surface area contributed by atoms with Gasteiger partial charge in [-0.05, 0) is 44.2 Å². The van der Waals surface area contributed by atoms with Crippen LogP contribution in [-0.4, -0.2) is 22.4 Å². The third-order valence-electron chi connectivity index (χ3n) is 3.78. The molecule has 0 fully saturated rings. The summed E-state index contributed by atoms with van der Waals surface area (Å²) in [6.45, 7) is 4.13. The lowest BCUT2D eigenvalue weighted by Crippen LogP contribution is -2.31. The minimum Gasteiger partial charge on any atom is -0.340 e. The first kappa shape index (κ1) is 17.5. The number of aromatic nitrogens is 2. The van der Waals surface area contributed by atoms with E-state index in [0.717, 1.165) is 5.69 Å². The molecule has 0 aliphatic carbocycles. The van der Waals surface area contributed by atoms with Gasteiger partial charge in [0.2, 0.25) is 0 Å². The Kier molecular flexibility index (Phi) is 5.22. The molecule has 1 N–H and O–H groups in total. The van der Waals surface area contributed by atoms with E-state index < -0.39 is 0 Å². The Bertz CT molecular complexity index is 915. The molecule has 1 heterocycles. The van der Waals surface area contributed by atoms with Gasteiger partial charge in [0.15, 0.2) is 0 Å². The molecule has 0 saturated heterocycles. The molecule has 26 heavy (non-hydrogen) atoms. The molecule has 6 heteroatoms. The molecule has 0 aliphatic rings. The Morgan fingerprint density at radius 3 is 2.54 bits per heavy atom. The number of amides is 1.